The van der Waals surface area contributed by atoms with Gasteiger partial charge in [0.15, 0.2) is 0 Å². The van der Waals surface area contributed by atoms with Crippen molar-refractivity contribution in [2.45, 2.75) is 97.1 Å². The Bertz CT molecular complexity index is 3320. The molecule has 5 amide bonds. The number of hydrogen-bond donors (Lipinski definition) is 5. The number of methoxy groups -OCH3 is 1. The van der Waals surface area contributed by atoms with Crippen molar-refractivity contribution in [2.75, 3.05) is 102 Å². The number of benzene rings is 4. The summed E-state index contributed by atoms with van der Waals surface area (Å²) in [6.07, 6.45) is 3.50. The molecule has 6 aromatic rings. The van der Waals surface area contributed by atoms with E-state index in [1.54, 1.807) is 55.0 Å². The maximum atomic E-state index is 14.0. The number of hydrogen-bond acceptors (Lipinski definition) is 17. The Labute approximate surface area is 515 Å². The summed E-state index contributed by atoms with van der Waals surface area (Å²) in [5, 5.41) is 22.7. The number of rotatable bonds is 30. The Morgan fingerprint density at radius 2 is 1.39 bits per heavy atom. The van der Waals surface area contributed by atoms with Crippen LogP contribution in [0.5, 0.6) is 17.2 Å². The zero-order valence-corrected chi connectivity index (χ0v) is 51.3. The quantitative estimate of drug-likeness (QED) is 0.0210. The summed E-state index contributed by atoms with van der Waals surface area (Å²) in [5.41, 5.74) is 5.44. The van der Waals surface area contributed by atoms with E-state index < -0.39 is 52.6 Å². The van der Waals surface area contributed by atoms with E-state index in [0.29, 0.717) is 87.7 Å². The highest BCUT2D eigenvalue weighted by Crippen LogP contribution is 2.48. The lowest BCUT2D eigenvalue weighted by molar-refractivity contribution is -0.144. The number of fused-ring (bicyclic) bond motifs is 1. The molecule has 23 heteroatoms. The minimum absolute atomic E-state index is 0.0127. The van der Waals surface area contributed by atoms with E-state index in [1.165, 1.54) is 29.2 Å². The van der Waals surface area contributed by atoms with Crippen LogP contribution >= 0.6 is 11.3 Å². The van der Waals surface area contributed by atoms with Crippen LogP contribution in [-0.2, 0) is 54.2 Å². The van der Waals surface area contributed by atoms with Crippen LogP contribution in [0.25, 0.3) is 21.3 Å². The molecule has 470 valence electrons. The predicted octanol–water partition coefficient (Wildman–Crippen LogP) is 8.22. The number of aliphatic hydroxyl groups excluding tert-OH is 1. The topological polar surface area (TPSA) is 251 Å². The number of aryl methyl sites for hydroxylation is 1. The third-order valence-electron chi connectivity index (χ3n) is 15.7. The first-order valence-corrected chi connectivity index (χ1v) is 30.7. The molecule has 2 aromatic heterocycles. The normalized spacial score (nSPS) is 16.9. The molecule has 2 saturated heterocycles. The summed E-state index contributed by atoms with van der Waals surface area (Å²) < 4.78 is 54.4. The lowest BCUT2D eigenvalue weighted by Gasteiger charge is -2.35. The van der Waals surface area contributed by atoms with Gasteiger partial charge >= 0.3 is 0 Å². The number of nitrogens with one attached hydrogen (secondary N) is 4. The predicted molar refractivity (Wildman–Crippen MR) is 331 cm³/mol. The summed E-state index contributed by atoms with van der Waals surface area (Å²) >= 11 is 1.57. The van der Waals surface area contributed by atoms with Crippen LogP contribution in [0.15, 0.2) is 103 Å². The molecule has 0 unspecified atom stereocenters. The number of amides is 5. The number of nitrogens with zero attached hydrogens (tertiary/aromatic N) is 4. The standard InChI is InChI=1S/C65H79FN8O13S/c1-42-58(88-41-69-42)44-8-6-43(7-9-44)39-68-60(77)54-36-48(75)40-74(54)61(78)59(64(2,3)4)72-57(76)21-27-82-28-29-83-30-31-84-32-33-85-34-35-86-49-19-25-73(26-20-49)53-38-52-51(37-56(53)81-5)55(18-24-67-52)87-50-16-14-47(15-17-50)71-63(80)65(22-23-65)62(79)70-46-12-10-45(66)11-13-46/h6-18,24,37-38,41,48-49,54,59,75H,19-23,25-36,39-40H2,1-5H3,(H,68,77)(H,70,79)(H,71,80)(H,72,76)/t48-,54+,59-/m1/s1. The van der Waals surface area contributed by atoms with Crippen molar-refractivity contribution in [1.29, 1.82) is 0 Å². The van der Waals surface area contributed by atoms with Gasteiger partial charge < -0.3 is 69.3 Å². The second-order valence-corrected chi connectivity index (χ2v) is 24.0. The largest absolute Gasteiger partial charge is 0.495 e. The third-order valence-corrected chi connectivity index (χ3v) is 16.7. The van der Waals surface area contributed by atoms with E-state index in [1.807, 2.05) is 69.6 Å². The van der Waals surface area contributed by atoms with Crippen molar-refractivity contribution < 1.29 is 66.6 Å². The van der Waals surface area contributed by atoms with Crippen molar-refractivity contribution in [3.8, 4) is 27.7 Å². The van der Waals surface area contributed by atoms with Gasteiger partial charge in [0, 0.05) is 62.0 Å². The highest BCUT2D eigenvalue weighted by atomic mass is 32.1. The SMILES string of the molecule is COc1cc2c(Oc3ccc(NC(=O)C4(C(=O)Nc5ccc(F)cc5)CC4)cc3)ccnc2cc1N1CCC(OCCOCCOCCOCCOCCC(=O)N[C@H](C(=O)N2C[C@H](O)C[C@H]2C(=O)NCc2ccc(-c3scnc3C)cc2)C(C)(C)C)CC1. The Balaban J connectivity index is 0.598. The summed E-state index contributed by atoms with van der Waals surface area (Å²) in [4.78, 5) is 80.5. The van der Waals surface area contributed by atoms with Crippen LogP contribution in [0, 0.1) is 23.6 Å². The summed E-state index contributed by atoms with van der Waals surface area (Å²) in [7, 11) is 1.64. The molecule has 4 heterocycles. The number of ether oxygens (including phenoxy) is 7. The van der Waals surface area contributed by atoms with Crippen LogP contribution in [-0.4, -0.2) is 160 Å². The summed E-state index contributed by atoms with van der Waals surface area (Å²) in [6.45, 7) is 12.4. The van der Waals surface area contributed by atoms with Gasteiger partial charge in [0.1, 0.15) is 40.6 Å². The fourth-order valence-electron chi connectivity index (χ4n) is 10.6. The molecule has 0 bridgehead atoms. The highest BCUT2D eigenvalue weighted by Gasteiger charge is 2.56. The van der Waals surface area contributed by atoms with Gasteiger partial charge in [-0.1, -0.05) is 45.0 Å². The van der Waals surface area contributed by atoms with Crippen LogP contribution in [0.3, 0.4) is 0 Å². The second-order valence-electron chi connectivity index (χ2n) is 23.2. The first-order chi connectivity index (χ1) is 42.5. The Morgan fingerprint density at radius 1 is 0.773 bits per heavy atom. The van der Waals surface area contributed by atoms with Crippen molar-refractivity contribution in [3.63, 3.8) is 0 Å². The molecule has 1 saturated carbocycles. The number of aliphatic hydroxyl groups is 1. The van der Waals surface area contributed by atoms with Crippen molar-refractivity contribution in [2.24, 2.45) is 10.8 Å². The number of carbonyl (C=O) groups is 5. The van der Waals surface area contributed by atoms with Gasteiger partial charge in [-0.15, -0.1) is 11.3 Å². The van der Waals surface area contributed by atoms with Crippen LogP contribution in [0.4, 0.5) is 21.5 Å². The first-order valence-electron chi connectivity index (χ1n) is 29.8. The molecular weight excluding hydrogens is 1150 g/mol. The molecule has 0 radical (unpaired) electrons. The lowest BCUT2D eigenvalue weighted by atomic mass is 9.85. The minimum atomic E-state index is -1.18. The number of aromatic nitrogens is 2. The third kappa shape index (κ3) is 17.4. The fraction of sp³-hybridized carbons (Fsp3) is 0.462. The number of likely N-dealkylation sites (tertiary alicyclic amines) is 1. The molecule has 3 fully saturated rings. The van der Waals surface area contributed by atoms with Crippen molar-refractivity contribution >= 4 is 68.8 Å². The molecule has 0 spiro atoms. The highest BCUT2D eigenvalue weighted by molar-refractivity contribution is 7.13. The van der Waals surface area contributed by atoms with Crippen LogP contribution in [0.2, 0.25) is 0 Å². The summed E-state index contributed by atoms with van der Waals surface area (Å²) in [6, 6.07) is 24.1. The molecule has 5 N–H and O–H groups in total. The molecule has 3 atom stereocenters. The number of carbonyl (C=O) groups excluding carboxylic acids is 5. The molecule has 88 heavy (non-hydrogen) atoms. The number of pyridine rings is 1. The average molecular weight is 1230 g/mol. The second kappa shape index (κ2) is 30.5. The van der Waals surface area contributed by atoms with Crippen LogP contribution in [0.1, 0.15) is 70.6 Å². The number of halogens is 1. The Kier molecular flexibility index (Phi) is 22.5. The molecule has 3 aliphatic rings. The monoisotopic (exact) mass is 1230 g/mol. The molecule has 9 rings (SSSR count). The maximum Gasteiger partial charge on any atom is 0.246 e. The van der Waals surface area contributed by atoms with Gasteiger partial charge in [-0.25, -0.2) is 9.37 Å². The van der Waals surface area contributed by atoms with Gasteiger partial charge in [-0.05, 0) is 116 Å². The number of β-amino-alcohol motifs (C(OH)–C–C–N with tert-alkyl or cyclic N) is 1. The van der Waals surface area contributed by atoms with Crippen LogP contribution < -0.4 is 35.6 Å². The van der Waals surface area contributed by atoms with E-state index >= 15 is 0 Å². The molecular formula is C65H79FN8O13S. The summed E-state index contributed by atoms with van der Waals surface area (Å²) in [5.74, 6) is -0.614. The van der Waals surface area contributed by atoms with Crippen molar-refractivity contribution in [3.05, 3.63) is 120 Å². The zero-order chi connectivity index (χ0) is 62.2. The van der Waals surface area contributed by atoms with Crippen molar-refractivity contribution in [1.82, 2.24) is 25.5 Å². The van der Waals surface area contributed by atoms with E-state index in [4.69, 9.17) is 33.2 Å². The maximum absolute atomic E-state index is 14.0. The number of piperidine rings is 1. The Morgan fingerprint density at radius 3 is 1.98 bits per heavy atom. The molecule has 4 aromatic carbocycles. The number of anilines is 3. The fourth-order valence-corrected chi connectivity index (χ4v) is 11.4. The molecule has 21 nitrogen and oxygen atoms in total. The van der Waals surface area contributed by atoms with Gasteiger partial charge in [0.25, 0.3) is 0 Å². The van der Waals surface area contributed by atoms with Gasteiger partial charge in [-0.2, -0.15) is 0 Å². The van der Waals surface area contributed by atoms with Gasteiger partial charge in [-0.3, -0.25) is 29.0 Å². The Hall–Kier alpha value is -7.64. The number of thiazole rings is 1. The van der Waals surface area contributed by atoms with Gasteiger partial charge in [0.2, 0.25) is 29.5 Å². The average Bonchev–Trinajstić information content (AvgIpc) is 1.71. The van der Waals surface area contributed by atoms with Gasteiger partial charge in [0.05, 0.1) is 106 Å². The molecule has 1 aliphatic carbocycles. The van der Waals surface area contributed by atoms with E-state index in [9.17, 15) is 33.5 Å². The zero-order valence-electron chi connectivity index (χ0n) is 50.5. The minimum Gasteiger partial charge on any atom is -0.495 e. The smallest absolute Gasteiger partial charge is 0.246 e. The van der Waals surface area contributed by atoms with E-state index in [0.717, 1.165) is 64.2 Å². The lowest BCUT2D eigenvalue weighted by Crippen LogP contribution is -2.57. The first kappa shape index (κ1) is 64.8. The van der Waals surface area contributed by atoms with E-state index in [-0.39, 0.29) is 57.1 Å². The molecule has 2 aliphatic heterocycles. The van der Waals surface area contributed by atoms with E-state index in [2.05, 4.69) is 36.1 Å².